The van der Waals surface area contributed by atoms with Crippen LogP contribution in [0.5, 0.6) is 0 Å². The maximum atomic E-state index is 13.1. The van der Waals surface area contributed by atoms with Crippen LogP contribution in [0.4, 0.5) is 8.78 Å². The van der Waals surface area contributed by atoms with Gasteiger partial charge in [0.1, 0.15) is 11.6 Å². The van der Waals surface area contributed by atoms with E-state index in [9.17, 15) is 8.78 Å². The Balaban J connectivity index is 2.47. The number of benzene rings is 2. The maximum absolute atomic E-state index is 13.1. The Bertz CT molecular complexity index is 567. The topological polar surface area (TPSA) is 26.0 Å². The fourth-order valence-electron chi connectivity index (χ4n) is 1.69. The van der Waals surface area contributed by atoms with E-state index >= 15 is 0 Å². The van der Waals surface area contributed by atoms with E-state index in [0.717, 1.165) is 6.07 Å². The number of hydrogen-bond donors (Lipinski definition) is 1. The van der Waals surface area contributed by atoms with Crippen LogP contribution >= 0.6 is 23.2 Å². The van der Waals surface area contributed by atoms with Crippen molar-refractivity contribution in [1.29, 1.82) is 0 Å². The van der Waals surface area contributed by atoms with Crippen molar-refractivity contribution in [1.82, 2.24) is 0 Å². The van der Waals surface area contributed by atoms with Gasteiger partial charge in [-0.3, -0.25) is 0 Å². The summed E-state index contributed by atoms with van der Waals surface area (Å²) in [4.78, 5) is 0. The van der Waals surface area contributed by atoms with Gasteiger partial charge in [-0.25, -0.2) is 8.78 Å². The van der Waals surface area contributed by atoms with Gasteiger partial charge in [-0.1, -0.05) is 23.2 Å². The molecule has 0 radical (unpaired) electrons. The molecule has 18 heavy (non-hydrogen) atoms. The summed E-state index contributed by atoms with van der Waals surface area (Å²) in [6, 6.07) is 7.19. The predicted molar refractivity (Wildman–Crippen MR) is 68.9 cm³/mol. The van der Waals surface area contributed by atoms with Gasteiger partial charge < -0.3 is 5.73 Å². The lowest BCUT2D eigenvalue weighted by atomic mass is 9.99. The van der Waals surface area contributed by atoms with Crippen molar-refractivity contribution in [3.8, 4) is 0 Å². The summed E-state index contributed by atoms with van der Waals surface area (Å²) in [6.07, 6.45) is 0. The first-order valence-electron chi connectivity index (χ1n) is 5.14. The molecule has 0 heterocycles. The van der Waals surface area contributed by atoms with E-state index in [-0.39, 0.29) is 0 Å². The molecule has 1 unspecified atom stereocenters. The van der Waals surface area contributed by atoms with Crippen LogP contribution in [0.1, 0.15) is 17.2 Å². The van der Waals surface area contributed by atoms with Crippen LogP contribution in [0.2, 0.25) is 10.0 Å². The highest BCUT2D eigenvalue weighted by Gasteiger charge is 2.15. The first-order chi connectivity index (χ1) is 8.47. The largest absolute Gasteiger partial charge is 0.320 e. The summed E-state index contributed by atoms with van der Waals surface area (Å²) < 4.78 is 26.3. The van der Waals surface area contributed by atoms with Crippen LogP contribution in [0, 0.1) is 11.6 Å². The molecule has 0 fully saturated rings. The molecule has 1 nitrogen and oxygen atoms in total. The molecule has 0 saturated carbocycles. The van der Waals surface area contributed by atoms with Crippen molar-refractivity contribution in [2.75, 3.05) is 0 Å². The summed E-state index contributed by atoms with van der Waals surface area (Å²) in [6.45, 7) is 0. The van der Waals surface area contributed by atoms with Crippen LogP contribution in [-0.4, -0.2) is 0 Å². The van der Waals surface area contributed by atoms with Crippen molar-refractivity contribution in [2.24, 2.45) is 5.73 Å². The molecular weight excluding hydrogens is 279 g/mol. The quantitative estimate of drug-likeness (QED) is 0.875. The minimum absolute atomic E-state index is 0.302. The van der Waals surface area contributed by atoms with Crippen LogP contribution in [0.3, 0.4) is 0 Å². The van der Waals surface area contributed by atoms with Gasteiger partial charge in [0.25, 0.3) is 0 Å². The third-order valence-corrected chi connectivity index (χ3v) is 3.12. The Labute approximate surface area is 113 Å². The van der Waals surface area contributed by atoms with Crippen molar-refractivity contribution in [3.05, 3.63) is 69.2 Å². The molecule has 2 aromatic rings. The van der Waals surface area contributed by atoms with Crippen molar-refractivity contribution < 1.29 is 8.78 Å². The summed E-state index contributed by atoms with van der Waals surface area (Å²) >= 11 is 11.8. The zero-order valence-electron chi connectivity index (χ0n) is 9.13. The molecule has 1 atom stereocenters. The highest BCUT2D eigenvalue weighted by molar-refractivity contribution is 6.33. The Morgan fingerprint density at radius 3 is 2.17 bits per heavy atom. The lowest BCUT2D eigenvalue weighted by molar-refractivity contribution is 0.577. The Morgan fingerprint density at radius 1 is 0.944 bits per heavy atom. The molecule has 5 heteroatoms. The molecule has 2 aromatic carbocycles. The zero-order chi connectivity index (χ0) is 13.3. The molecule has 0 amide bonds. The van der Waals surface area contributed by atoms with Crippen molar-refractivity contribution in [3.63, 3.8) is 0 Å². The summed E-state index contributed by atoms with van der Waals surface area (Å²) in [5.74, 6) is -1.36. The van der Waals surface area contributed by atoms with Crippen LogP contribution in [0.25, 0.3) is 0 Å². The number of halogens is 4. The van der Waals surface area contributed by atoms with Crippen LogP contribution in [-0.2, 0) is 0 Å². The third-order valence-electron chi connectivity index (χ3n) is 2.54. The third kappa shape index (κ3) is 2.80. The van der Waals surface area contributed by atoms with E-state index < -0.39 is 17.7 Å². The monoisotopic (exact) mass is 287 g/mol. The summed E-state index contributed by atoms with van der Waals surface area (Å²) in [5.41, 5.74) is 6.77. The molecule has 0 bridgehead atoms. The van der Waals surface area contributed by atoms with Crippen molar-refractivity contribution >= 4 is 23.2 Å². The van der Waals surface area contributed by atoms with Gasteiger partial charge in [-0.15, -0.1) is 0 Å². The lowest BCUT2D eigenvalue weighted by Gasteiger charge is -2.15. The molecule has 0 aromatic heterocycles. The highest BCUT2D eigenvalue weighted by Crippen LogP contribution is 2.29. The van der Waals surface area contributed by atoms with E-state index in [4.69, 9.17) is 28.9 Å². The number of hydrogen-bond acceptors (Lipinski definition) is 1. The van der Waals surface area contributed by atoms with E-state index in [2.05, 4.69) is 0 Å². The number of rotatable bonds is 2. The molecular formula is C13H9Cl2F2N. The molecule has 2 rings (SSSR count). The zero-order valence-corrected chi connectivity index (χ0v) is 10.6. The fourth-order valence-corrected chi connectivity index (χ4v) is 2.10. The smallest absolute Gasteiger partial charge is 0.126 e. The van der Waals surface area contributed by atoms with Gasteiger partial charge in [-0.2, -0.15) is 0 Å². The summed E-state index contributed by atoms with van der Waals surface area (Å²) in [7, 11) is 0. The first kappa shape index (κ1) is 13.3. The van der Waals surface area contributed by atoms with Gasteiger partial charge in [-0.05, 0) is 41.5 Å². The second-order valence-electron chi connectivity index (χ2n) is 3.85. The van der Waals surface area contributed by atoms with Gasteiger partial charge >= 0.3 is 0 Å². The van der Waals surface area contributed by atoms with E-state index in [0.29, 0.717) is 21.2 Å². The van der Waals surface area contributed by atoms with Gasteiger partial charge in [0, 0.05) is 16.1 Å². The molecule has 0 spiro atoms. The SMILES string of the molecule is NC(c1cc(F)cc(F)c1)c1cc(Cl)ccc1Cl. The van der Waals surface area contributed by atoms with E-state index in [1.54, 1.807) is 18.2 Å². The van der Waals surface area contributed by atoms with Crippen LogP contribution in [0.15, 0.2) is 36.4 Å². The van der Waals surface area contributed by atoms with E-state index in [1.807, 2.05) is 0 Å². The minimum Gasteiger partial charge on any atom is -0.320 e. The predicted octanol–water partition coefficient (Wildman–Crippen LogP) is 4.32. The Morgan fingerprint density at radius 2 is 1.56 bits per heavy atom. The molecule has 2 N–H and O–H groups in total. The standard InChI is InChI=1S/C13H9Cl2F2N/c14-8-1-2-12(15)11(5-8)13(18)7-3-9(16)6-10(17)4-7/h1-6,13H,18H2. The van der Waals surface area contributed by atoms with E-state index in [1.165, 1.54) is 12.1 Å². The first-order valence-corrected chi connectivity index (χ1v) is 5.89. The average Bonchev–Trinajstić information content (AvgIpc) is 2.30. The fraction of sp³-hybridized carbons (Fsp3) is 0.0769. The van der Waals surface area contributed by atoms with Gasteiger partial charge in [0.2, 0.25) is 0 Å². The Kier molecular flexibility index (Phi) is 3.85. The van der Waals surface area contributed by atoms with Crippen LogP contribution < -0.4 is 5.73 Å². The number of nitrogens with two attached hydrogens (primary N) is 1. The second-order valence-corrected chi connectivity index (χ2v) is 4.69. The minimum atomic E-state index is -0.735. The average molecular weight is 288 g/mol. The molecule has 0 saturated heterocycles. The molecule has 94 valence electrons. The molecule has 0 aliphatic carbocycles. The molecule has 0 aliphatic heterocycles. The normalized spacial score (nSPS) is 12.5. The lowest BCUT2D eigenvalue weighted by Crippen LogP contribution is -2.13. The second kappa shape index (κ2) is 5.22. The summed E-state index contributed by atoms with van der Waals surface area (Å²) in [5, 5.41) is 0.860. The highest BCUT2D eigenvalue weighted by atomic mass is 35.5. The van der Waals surface area contributed by atoms with Crippen molar-refractivity contribution in [2.45, 2.75) is 6.04 Å². The van der Waals surface area contributed by atoms with Gasteiger partial charge in [0.15, 0.2) is 0 Å². The Hall–Kier alpha value is -1.16. The maximum Gasteiger partial charge on any atom is 0.126 e. The van der Waals surface area contributed by atoms with Gasteiger partial charge in [0.05, 0.1) is 6.04 Å². The molecule has 0 aliphatic rings.